The van der Waals surface area contributed by atoms with Crippen molar-refractivity contribution in [2.24, 2.45) is 0 Å². The highest BCUT2D eigenvalue weighted by Gasteiger charge is 2.19. The van der Waals surface area contributed by atoms with Crippen molar-refractivity contribution in [3.8, 4) is 5.75 Å². The first-order valence-electron chi connectivity index (χ1n) is 7.11. The second-order valence-electron chi connectivity index (χ2n) is 5.15. The highest BCUT2D eigenvalue weighted by Crippen LogP contribution is 2.26. The summed E-state index contributed by atoms with van der Waals surface area (Å²) in [6.07, 6.45) is 0.302. The van der Waals surface area contributed by atoms with Crippen LogP contribution in [-0.2, 0) is 6.42 Å². The van der Waals surface area contributed by atoms with Gasteiger partial charge in [0.15, 0.2) is 0 Å². The molecular weight excluding hydrogens is 294 g/mol. The van der Waals surface area contributed by atoms with Crippen LogP contribution < -0.4 is 10.3 Å². The molecule has 5 nitrogen and oxygen atoms in total. The molecule has 0 spiro atoms. The van der Waals surface area contributed by atoms with E-state index < -0.39 is 11.5 Å². The van der Waals surface area contributed by atoms with E-state index in [4.69, 9.17) is 4.74 Å². The molecule has 0 fully saturated rings. The van der Waals surface area contributed by atoms with E-state index in [9.17, 15) is 14.7 Å². The summed E-state index contributed by atoms with van der Waals surface area (Å²) < 4.78 is 5.33. The molecule has 0 bridgehead atoms. The normalized spacial score (nSPS) is 10.7. The van der Waals surface area contributed by atoms with Crippen LogP contribution in [0.4, 0.5) is 0 Å². The Morgan fingerprint density at radius 1 is 1.13 bits per heavy atom. The molecule has 1 aromatic heterocycles. The predicted octanol–water partition coefficient (Wildman–Crippen LogP) is 2.83. The number of hydrogen-bond acceptors (Lipinski definition) is 3. The lowest BCUT2D eigenvalue weighted by molar-refractivity contribution is 0.0694. The molecule has 0 saturated heterocycles. The molecule has 0 aliphatic rings. The van der Waals surface area contributed by atoms with E-state index in [0.29, 0.717) is 23.3 Å². The molecule has 3 aromatic rings. The average molecular weight is 309 g/mol. The summed E-state index contributed by atoms with van der Waals surface area (Å²) in [6.45, 7) is 0. The molecule has 5 heteroatoms. The molecule has 2 N–H and O–H groups in total. The Morgan fingerprint density at radius 3 is 2.57 bits per heavy atom. The number of carbonyl (C=O) groups is 1. The number of carboxylic acids is 1. The number of pyridine rings is 1. The Morgan fingerprint density at radius 2 is 1.83 bits per heavy atom. The smallest absolute Gasteiger partial charge is 0.341 e. The van der Waals surface area contributed by atoms with Crippen LogP contribution in [0.5, 0.6) is 5.75 Å². The molecule has 2 aromatic carbocycles. The van der Waals surface area contributed by atoms with E-state index in [1.54, 1.807) is 19.2 Å². The monoisotopic (exact) mass is 309 g/mol. The van der Waals surface area contributed by atoms with Crippen LogP contribution in [0.1, 0.15) is 21.5 Å². The van der Waals surface area contributed by atoms with Crippen molar-refractivity contribution in [1.82, 2.24) is 4.98 Å². The van der Waals surface area contributed by atoms with Crippen LogP contribution in [0.3, 0.4) is 0 Å². The number of benzene rings is 2. The fourth-order valence-corrected chi connectivity index (χ4v) is 2.76. The molecule has 0 atom stereocenters. The lowest BCUT2D eigenvalue weighted by Gasteiger charge is -2.12. The number of ether oxygens (including phenoxy) is 1. The topological polar surface area (TPSA) is 79.4 Å². The van der Waals surface area contributed by atoms with E-state index in [1.165, 1.54) is 0 Å². The van der Waals surface area contributed by atoms with Crippen LogP contribution in [0.25, 0.3) is 10.9 Å². The van der Waals surface area contributed by atoms with Gasteiger partial charge in [-0.05, 0) is 23.3 Å². The Balaban J connectivity index is 2.28. The van der Waals surface area contributed by atoms with Crippen molar-refractivity contribution < 1.29 is 14.6 Å². The second kappa shape index (κ2) is 5.96. The molecule has 0 saturated carbocycles. The van der Waals surface area contributed by atoms with Crippen molar-refractivity contribution in [3.63, 3.8) is 0 Å². The lowest BCUT2D eigenvalue weighted by Crippen LogP contribution is -2.21. The summed E-state index contributed by atoms with van der Waals surface area (Å²) >= 11 is 0. The van der Waals surface area contributed by atoms with Crippen molar-refractivity contribution >= 4 is 16.9 Å². The van der Waals surface area contributed by atoms with E-state index in [2.05, 4.69) is 4.98 Å². The predicted molar refractivity (Wildman–Crippen MR) is 87.3 cm³/mol. The van der Waals surface area contributed by atoms with E-state index in [0.717, 1.165) is 10.9 Å². The average Bonchev–Trinajstić information content (AvgIpc) is 2.54. The molecule has 116 valence electrons. The van der Waals surface area contributed by atoms with Gasteiger partial charge in [0, 0.05) is 17.3 Å². The highest BCUT2D eigenvalue weighted by atomic mass is 16.5. The number of nitrogens with one attached hydrogen (secondary N) is 1. The molecule has 23 heavy (non-hydrogen) atoms. The molecule has 0 aliphatic carbocycles. The van der Waals surface area contributed by atoms with Crippen molar-refractivity contribution in [2.45, 2.75) is 6.42 Å². The van der Waals surface area contributed by atoms with Crippen molar-refractivity contribution in [3.05, 3.63) is 75.6 Å². The number of aromatic nitrogens is 1. The zero-order valence-electron chi connectivity index (χ0n) is 12.5. The van der Waals surface area contributed by atoms with Crippen molar-refractivity contribution in [2.75, 3.05) is 7.11 Å². The number of para-hydroxylation sites is 2. The first-order chi connectivity index (χ1) is 11.1. The van der Waals surface area contributed by atoms with Gasteiger partial charge in [0.05, 0.1) is 7.11 Å². The van der Waals surface area contributed by atoms with Crippen LogP contribution in [0.2, 0.25) is 0 Å². The van der Waals surface area contributed by atoms with Gasteiger partial charge in [-0.15, -0.1) is 0 Å². The third-order valence-electron chi connectivity index (χ3n) is 3.80. The minimum Gasteiger partial charge on any atom is -0.496 e. The lowest BCUT2D eigenvalue weighted by atomic mass is 9.96. The SMILES string of the molecule is COc1ccccc1Cc1c(C(=O)O)c(=O)[nH]c2ccccc12. The van der Waals surface area contributed by atoms with Crippen LogP contribution >= 0.6 is 0 Å². The van der Waals surface area contributed by atoms with Gasteiger partial charge in [-0.25, -0.2) is 4.79 Å². The number of methoxy groups -OCH3 is 1. The number of H-pyrrole nitrogens is 1. The minimum absolute atomic E-state index is 0.227. The van der Waals surface area contributed by atoms with Gasteiger partial charge in [-0.3, -0.25) is 4.79 Å². The first-order valence-corrected chi connectivity index (χ1v) is 7.11. The zero-order valence-corrected chi connectivity index (χ0v) is 12.5. The number of hydrogen-bond donors (Lipinski definition) is 2. The second-order valence-corrected chi connectivity index (χ2v) is 5.15. The van der Waals surface area contributed by atoms with Crippen LogP contribution in [0, 0.1) is 0 Å². The molecule has 0 radical (unpaired) electrons. The highest BCUT2D eigenvalue weighted by molar-refractivity contribution is 5.96. The summed E-state index contributed by atoms with van der Waals surface area (Å²) in [5.41, 5.74) is 1.11. The largest absolute Gasteiger partial charge is 0.496 e. The van der Waals surface area contributed by atoms with E-state index in [-0.39, 0.29) is 5.56 Å². The van der Waals surface area contributed by atoms with Gasteiger partial charge in [0.2, 0.25) is 0 Å². The zero-order chi connectivity index (χ0) is 16.4. The van der Waals surface area contributed by atoms with Gasteiger partial charge in [-0.2, -0.15) is 0 Å². The Kier molecular flexibility index (Phi) is 3.85. The number of carboxylic acid groups (broad SMARTS) is 1. The molecule has 0 aliphatic heterocycles. The number of aromatic amines is 1. The fourth-order valence-electron chi connectivity index (χ4n) is 2.76. The quantitative estimate of drug-likeness (QED) is 0.776. The molecule has 3 rings (SSSR count). The third kappa shape index (κ3) is 2.68. The Labute approximate surface area is 132 Å². The van der Waals surface area contributed by atoms with Crippen LogP contribution in [-0.4, -0.2) is 23.2 Å². The maximum atomic E-state index is 12.2. The maximum absolute atomic E-state index is 12.2. The number of rotatable bonds is 4. The van der Waals surface area contributed by atoms with Crippen molar-refractivity contribution in [1.29, 1.82) is 0 Å². The van der Waals surface area contributed by atoms with Gasteiger partial charge in [0.1, 0.15) is 11.3 Å². The van der Waals surface area contributed by atoms with Gasteiger partial charge >= 0.3 is 5.97 Å². The fraction of sp³-hybridized carbons (Fsp3) is 0.111. The first kappa shape index (κ1) is 14.8. The van der Waals surface area contributed by atoms with Gasteiger partial charge in [0.25, 0.3) is 5.56 Å². The third-order valence-corrected chi connectivity index (χ3v) is 3.80. The standard InChI is InChI=1S/C18H15NO4/c1-23-15-9-5-2-6-11(15)10-13-12-7-3-4-8-14(12)19-17(20)16(13)18(21)22/h2-9H,10H2,1H3,(H,19,20)(H,21,22). The summed E-state index contributed by atoms with van der Waals surface area (Å²) in [4.78, 5) is 26.4. The van der Waals surface area contributed by atoms with E-state index in [1.807, 2.05) is 36.4 Å². The Bertz CT molecular complexity index is 943. The number of aromatic carboxylic acids is 1. The molecular formula is C18H15NO4. The molecule has 0 unspecified atom stereocenters. The van der Waals surface area contributed by atoms with E-state index >= 15 is 0 Å². The number of fused-ring (bicyclic) bond motifs is 1. The maximum Gasteiger partial charge on any atom is 0.341 e. The Hall–Kier alpha value is -3.08. The van der Waals surface area contributed by atoms with Gasteiger partial charge < -0.3 is 14.8 Å². The van der Waals surface area contributed by atoms with Crippen LogP contribution in [0.15, 0.2) is 53.3 Å². The summed E-state index contributed by atoms with van der Waals surface area (Å²) in [5, 5.41) is 10.2. The minimum atomic E-state index is -1.23. The van der Waals surface area contributed by atoms with Gasteiger partial charge in [-0.1, -0.05) is 36.4 Å². The molecule has 1 heterocycles. The summed E-state index contributed by atoms with van der Waals surface area (Å²) in [5.74, 6) is -0.574. The summed E-state index contributed by atoms with van der Waals surface area (Å²) in [6, 6.07) is 14.6. The molecule has 0 amide bonds. The summed E-state index contributed by atoms with van der Waals surface area (Å²) in [7, 11) is 1.56.